The first-order valence-electron chi connectivity index (χ1n) is 4.95. The molecule has 1 atom stereocenters. The molecule has 4 nitrogen and oxygen atoms in total. The number of nitrogens with zero attached hydrogens (tertiary/aromatic N) is 1. The van der Waals surface area contributed by atoms with Crippen LogP contribution in [0.25, 0.3) is 0 Å². The Hall–Kier alpha value is -1.42. The molecular weight excluding hydrogens is 192 g/mol. The Bertz CT molecular complexity index is 339. The molecule has 15 heavy (non-hydrogen) atoms. The van der Waals surface area contributed by atoms with E-state index in [0.717, 1.165) is 0 Å². The number of aryl methyl sites for hydroxylation is 1. The first-order valence-corrected chi connectivity index (χ1v) is 4.95. The molecule has 2 N–H and O–H groups in total. The summed E-state index contributed by atoms with van der Waals surface area (Å²) in [5.41, 5.74) is 1.30. The van der Waals surface area contributed by atoms with Crippen molar-refractivity contribution in [3.8, 4) is 0 Å². The van der Waals surface area contributed by atoms with E-state index in [1.807, 2.05) is 6.92 Å². The summed E-state index contributed by atoms with van der Waals surface area (Å²) in [6, 6.07) is 3.47. The van der Waals surface area contributed by atoms with Crippen molar-refractivity contribution in [2.45, 2.75) is 13.8 Å². The Balaban J connectivity index is 2.58. The molecule has 0 saturated heterocycles. The van der Waals surface area contributed by atoms with E-state index < -0.39 is 0 Å². The van der Waals surface area contributed by atoms with Crippen LogP contribution >= 0.6 is 0 Å². The number of carbonyl (C=O) groups excluding carboxylic acids is 1. The molecule has 0 bridgehead atoms. The van der Waals surface area contributed by atoms with Crippen LogP contribution in [0.3, 0.4) is 0 Å². The van der Waals surface area contributed by atoms with Gasteiger partial charge in [-0.3, -0.25) is 9.78 Å². The lowest BCUT2D eigenvalue weighted by Gasteiger charge is -2.10. The van der Waals surface area contributed by atoms with Crippen molar-refractivity contribution in [1.29, 1.82) is 0 Å². The molecule has 0 aromatic carbocycles. The number of amides is 1. The summed E-state index contributed by atoms with van der Waals surface area (Å²) in [5, 5.41) is 11.6. The van der Waals surface area contributed by atoms with Crippen LogP contribution in [0.5, 0.6) is 0 Å². The number of nitrogens with one attached hydrogen (secondary N) is 1. The zero-order valence-corrected chi connectivity index (χ0v) is 9.03. The number of carbonyl (C=O) groups is 1. The number of aromatic nitrogens is 1. The van der Waals surface area contributed by atoms with Crippen molar-refractivity contribution < 1.29 is 9.90 Å². The third-order valence-electron chi connectivity index (χ3n) is 2.17. The molecule has 0 aliphatic carbocycles. The van der Waals surface area contributed by atoms with Crippen molar-refractivity contribution in [2.24, 2.45) is 5.92 Å². The maximum Gasteiger partial charge on any atom is 0.253 e. The van der Waals surface area contributed by atoms with Crippen LogP contribution in [0.1, 0.15) is 23.0 Å². The summed E-state index contributed by atoms with van der Waals surface area (Å²) in [6.07, 6.45) is 1.66. The van der Waals surface area contributed by atoms with Crippen LogP contribution in [0.4, 0.5) is 0 Å². The van der Waals surface area contributed by atoms with Gasteiger partial charge in [0.1, 0.15) is 0 Å². The Labute approximate surface area is 89.3 Å². The highest BCUT2D eigenvalue weighted by Crippen LogP contribution is 2.03. The zero-order chi connectivity index (χ0) is 11.3. The molecule has 1 rings (SSSR count). The lowest BCUT2D eigenvalue weighted by atomic mass is 10.1. The van der Waals surface area contributed by atoms with E-state index in [4.69, 9.17) is 5.11 Å². The number of hydrogen-bond acceptors (Lipinski definition) is 3. The van der Waals surface area contributed by atoms with Crippen molar-refractivity contribution in [1.82, 2.24) is 10.3 Å². The van der Waals surface area contributed by atoms with Gasteiger partial charge < -0.3 is 10.4 Å². The molecule has 0 fully saturated rings. The molecular formula is C11H16N2O2. The fourth-order valence-corrected chi connectivity index (χ4v) is 1.15. The minimum Gasteiger partial charge on any atom is -0.396 e. The third kappa shape index (κ3) is 3.32. The average Bonchev–Trinajstić information content (AvgIpc) is 2.26. The average molecular weight is 208 g/mol. The Kier molecular flexibility index (Phi) is 4.24. The highest BCUT2D eigenvalue weighted by Gasteiger charge is 2.09. The third-order valence-corrected chi connectivity index (χ3v) is 2.17. The van der Waals surface area contributed by atoms with E-state index in [9.17, 15) is 4.79 Å². The molecule has 1 aromatic heterocycles. The van der Waals surface area contributed by atoms with Crippen molar-refractivity contribution in [3.63, 3.8) is 0 Å². The SMILES string of the molecule is Cc1ncccc1C(=O)NCC(C)CO. The summed E-state index contributed by atoms with van der Waals surface area (Å²) in [7, 11) is 0. The monoisotopic (exact) mass is 208 g/mol. The normalized spacial score (nSPS) is 12.2. The topological polar surface area (TPSA) is 62.2 Å². The van der Waals surface area contributed by atoms with Crippen LogP contribution in [-0.4, -0.2) is 29.1 Å². The van der Waals surface area contributed by atoms with Gasteiger partial charge in [-0.05, 0) is 25.0 Å². The number of pyridine rings is 1. The van der Waals surface area contributed by atoms with E-state index >= 15 is 0 Å². The van der Waals surface area contributed by atoms with E-state index in [-0.39, 0.29) is 18.4 Å². The standard InChI is InChI=1S/C11H16N2O2/c1-8(7-14)6-13-11(15)10-4-3-5-12-9(10)2/h3-5,8,14H,6-7H2,1-2H3,(H,13,15). The Morgan fingerprint density at radius 2 is 2.40 bits per heavy atom. The van der Waals surface area contributed by atoms with Gasteiger partial charge in [-0.1, -0.05) is 6.92 Å². The quantitative estimate of drug-likeness (QED) is 0.767. The fraction of sp³-hybridized carbons (Fsp3) is 0.455. The first-order chi connectivity index (χ1) is 7.15. The lowest BCUT2D eigenvalue weighted by Crippen LogP contribution is -2.30. The minimum absolute atomic E-state index is 0.0749. The van der Waals surface area contributed by atoms with E-state index in [2.05, 4.69) is 10.3 Å². The van der Waals surface area contributed by atoms with Crippen molar-refractivity contribution in [3.05, 3.63) is 29.6 Å². The number of aliphatic hydroxyl groups is 1. The van der Waals surface area contributed by atoms with Crippen LogP contribution in [0.2, 0.25) is 0 Å². The predicted octanol–water partition coefficient (Wildman–Crippen LogP) is 0.748. The van der Waals surface area contributed by atoms with Gasteiger partial charge in [0.25, 0.3) is 5.91 Å². The molecule has 1 amide bonds. The number of hydrogen-bond donors (Lipinski definition) is 2. The lowest BCUT2D eigenvalue weighted by molar-refractivity contribution is 0.0941. The molecule has 0 radical (unpaired) electrons. The highest BCUT2D eigenvalue weighted by molar-refractivity contribution is 5.95. The summed E-state index contributed by atoms with van der Waals surface area (Å²) >= 11 is 0. The highest BCUT2D eigenvalue weighted by atomic mass is 16.3. The van der Waals surface area contributed by atoms with Crippen LogP contribution in [0, 0.1) is 12.8 Å². The van der Waals surface area contributed by atoms with Crippen molar-refractivity contribution in [2.75, 3.05) is 13.2 Å². The van der Waals surface area contributed by atoms with Gasteiger partial charge in [-0.15, -0.1) is 0 Å². The van der Waals surface area contributed by atoms with Gasteiger partial charge >= 0.3 is 0 Å². The number of aliphatic hydroxyl groups excluding tert-OH is 1. The molecule has 4 heteroatoms. The summed E-state index contributed by atoms with van der Waals surface area (Å²) in [6.45, 7) is 4.22. The second-order valence-electron chi connectivity index (χ2n) is 3.63. The number of rotatable bonds is 4. The minimum atomic E-state index is -0.138. The molecule has 1 heterocycles. The van der Waals surface area contributed by atoms with Crippen LogP contribution in [-0.2, 0) is 0 Å². The van der Waals surface area contributed by atoms with E-state index in [1.54, 1.807) is 25.3 Å². The largest absolute Gasteiger partial charge is 0.396 e. The summed E-state index contributed by atoms with van der Waals surface area (Å²) in [5.74, 6) is -0.0631. The van der Waals surface area contributed by atoms with Gasteiger partial charge in [-0.2, -0.15) is 0 Å². The maximum absolute atomic E-state index is 11.7. The zero-order valence-electron chi connectivity index (χ0n) is 9.03. The summed E-state index contributed by atoms with van der Waals surface area (Å²) < 4.78 is 0. The van der Waals surface area contributed by atoms with Crippen LogP contribution in [0.15, 0.2) is 18.3 Å². The van der Waals surface area contributed by atoms with Gasteiger partial charge in [0.15, 0.2) is 0 Å². The van der Waals surface area contributed by atoms with Gasteiger partial charge in [0, 0.05) is 25.0 Å². The molecule has 82 valence electrons. The van der Waals surface area contributed by atoms with Gasteiger partial charge in [-0.25, -0.2) is 0 Å². The fourth-order valence-electron chi connectivity index (χ4n) is 1.15. The molecule has 1 unspecified atom stereocenters. The maximum atomic E-state index is 11.7. The Morgan fingerprint density at radius 3 is 3.00 bits per heavy atom. The summed E-state index contributed by atoms with van der Waals surface area (Å²) in [4.78, 5) is 15.7. The molecule has 0 saturated carbocycles. The Morgan fingerprint density at radius 1 is 1.67 bits per heavy atom. The second kappa shape index (κ2) is 5.46. The van der Waals surface area contributed by atoms with E-state index in [1.165, 1.54) is 0 Å². The molecule has 0 aliphatic heterocycles. The molecule has 0 aliphatic rings. The van der Waals surface area contributed by atoms with Crippen LogP contribution < -0.4 is 5.32 Å². The van der Waals surface area contributed by atoms with E-state index in [0.29, 0.717) is 17.8 Å². The van der Waals surface area contributed by atoms with Gasteiger partial charge in [0.05, 0.1) is 5.56 Å². The molecule has 0 spiro atoms. The second-order valence-corrected chi connectivity index (χ2v) is 3.63. The first kappa shape index (κ1) is 11.7. The molecule has 1 aromatic rings. The smallest absolute Gasteiger partial charge is 0.253 e. The van der Waals surface area contributed by atoms with Gasteiger partial charge in [0.2, 0.25) is 0 Å². The predicted molar refractivity (Wildman–Crippen MR) is 57.6 cm³/mol. The van der Waals surface area contributed by atoms with Crippen molar-refractivity contribution >= 4 is 5.91 Å².